The van der Waals surface area contributed by atoms with Gasteiger partial charge in [0.1, 0.15) is 5.82 Å². The van der Waals surface area contributed by atoms with Gasteiger partial charge in [-0.15, -0.1) is 0 Å². The van der Waals surface area contributed by atoms with Crippen LogP contribution in [0.1, 0.15) is 49.1 Å². The largest absolute Gasteiger partial charge is 0.319 e. The normalized spacial score (nSPS) is 25.4. The van der Waals surface area contributed by atoms with Crippen LogP contribution in [0.4, 0.5) is 4.39 Å². The second kappa shape index (κ2) is 4.09. The average Bonchev–Trinajstić information content (AvgIpc) is 2.88. The molecule has 1 nitrogen and oxygen atoms in total. The number of hydrogen-bond acceptors (Lipinski definition) is 1. The number of rotatable bonds is 2. The van der Waals surface area contributed by atoms with Crippen LogP contribution in [0.3, 0.4) is 0 Å². The summed E-state index contributed by atoms with van der Waals surface area (Å²) >= 11 is 0. The summed E-state index contributed by atoms with van der Waals surface area (Å²) in [6.07, 6.45) is 6.03. The Kier molecular flexibility index (Phi) is 2.70. The SMILES string of the molecule is CNCC1CC2(CCCC2)c2c(F)cccc21. The Morgan fingerprint density at radius 3 is 2.82 bits per heavy atom. The fourth-order valence-corrected chi connectivity index (χ4v) is 4.06. The minimum absolute atomic E-state index is 0.0306. The van der Waals surface area contributed by atoms with Gasteiger partial charge < -0.3 is 5.32 Å². The summed E-state index contributed by atoms with van der Waals surface area (Å²) in [6, 6.07) is 5.64. The molecule has 92 valence electrons. The zero-order chi connectivity index (χ0) is 11.9. The van der Waals surface area contributed by atoms with Gasteiger partial charge in [-0.25, -0.2) is 4.39 Å². The van der Waals surface area contributed by atoms with Crippen molar-refractivity contribution in [3.63, 3.8) is 0 Å². The first-order chi connectivity index (χ1) is 8.27. The van der Waals surface area contributed by atoms with Crippen molar-refractivity contribution in [3.8, 4) is 0 Å². The maximum atomic E-state index is 14.2. The van der Waals surface area contributed by atoms with E-state index in [1.165, 1.54) is 31.2 Å². The maximum absolute atomic E-state index is 14.2. The van der Waals surface area contributed by atoms with Crippen molar-refractivity contribution in [2.24, 2.45) is 0 Å². The number of likely N-dealkylation sites (N-methyl/N-ethyl adjacent to an activating group) is 1. The van der Waals surface area contributed by atoms with Crippen LogP contribution in [0, 0.1) is 5.82 Å². The summed E-state index contributed by atoms with van der Waals surface area (Å²) in [4.78, 5) is 0. The topological polar surface area (TPSA) is 12.0 Å². The summed E-state index contributed by atoms with van der Waals surface area (Å²) in [6.45, 7) is 0.970. The highest BCUT2D eigenvalue weighted by molar-refractivity contribution is 5.44. The zero-order valence-corrected chi connectivity index (χ0v) is 10.4. The van der Waals surface area contributed by atoms with Crippen molar-refractivity contribution in [1.82, 2.24) is 5.32 Å². The molecular weight excluding hydrogens is 213 g/mol. The van der Waals surface area contributed by atoms with Crippen LogP contribution in [-0.4, -0.2) is 13.6 Å². The monoisotopic (exact) mass is 233 g/mol. The molecule has 17 heavy (non-hydrogen) atoms. The molecule has 3 rings (SSSR count). The zero-order valence-electron chi connectivity index (χ0n) is 10.4. The molecule has 2 aliphatic rings. The molecule has 1 fully saturated rings. The Hall–Kier alpha value is -0.890. The molecule has 1 spiro atoms. The second-order valence-electron chi connectivity index (χ2n) is 5.65. The van der Waals surface area contributed by atoms with Crippen LogP contribution in [-0.2, 0) is 5.41 Å². The standard InChI is InChI=1S/C15H20FN/c1-17-10-11-9-15(7-2-3-8-15)14-12(11)5-4-6-13(14)16/h4-6,11,17H,2-3,7-10H2,1H3. The van der Waals surface area contributed by atoms with Gasteiger partial charge in [0.05, 0.1) is 0 Å². The first-order valence-corrected chi connectivity index (χ1v) is 6.70. The van der Waals surface area contributed by atoms with E-state index >= 15 is 0 Å². The Morgan fingerprint density at radius 1 is 1.35 bits per heavy atom. The third kappa shape index (κ3) is 1.61. The first kappa shape index (κ1) is 11.2. The molecule has 0 aromatic heterocycles. The van der Waals surface area contributed by atoms with Gasteiger partial charge in [0.15, 0.2) is 0 Å². The predicted octanol–water partition coefficient (Wildman–Crippen LogP) is 3.34. The number of benzene rings is 1. The molecule has 2 aliphatic carbocycles. The Morgan fingerprint density at radius 2 is 2.12 bits per heavy atom. The molecular formula is C15H20FN. The van der Waals surface area contributed by atoms with E-state index in [2.05, 4.69) is 11.4 Å². The average molecular weight is 233 g/mol. The van der Waals surface area contributed by atoms with Gasteiger partial charge in [0.25, 0.3) is 0 Å². The van der Waals surface area contributed by atoms with Crippen molar-refractivity contribution in [2.45, 2.75) is 43.4 Å². The summed E-state index contributed by atoms with van der Waals surface area (Å²) in [5.74, 6) is 0.534. The second-order valence-corrected chi connectivity index (χ2v) is 5.65. The van der Waals surface area contributed by atoms with Crippen molar-refractivity contribution < 1.29 is 4.39 Å². The molecule has 0 radical (unpaired) electrons. The van der Waals surface area contributed by atoms with Gasteiger partial charge in [0, 0.05) is 6.54 Å². The summed E-state index contributed by atoms with van der Waals surface area (Å²) in [7, 11) is 1.98. The van der Waals surface area contributed by atoms with Crippen molar-refractivity contribution >= 4 is 0 Å². The molecule has 0 aliphatic heterocycles. The minimum atomic E-state index is 0.0306. The van der Waals surface area contributed by atoms with Gasteiger partial charge in [0.2, 0.25) is 0 Å². The molecule has 0 heterocycles. The Balaban J connectivity index is 2.08. The van der Waals surface area contributed by atoms with E-state index in [-0.39, 0.29) is 11.2 Å². The van der Waals surface area contributed by atoms with E-state index < -0.39 is 0 Å². The Bertz CT molecular complexity index is 421. The lowest BCUT2D eigenvalue weighted by Crippen LogP contribution is -2.21. The lowest BCUT2D eigenvalue weighted by molar-refractivity contribution is 0.391. The summed E-state index contributed by atoms with van der Waals surface area (Å²) in [5, 5.41) is 3.25. The number of halogens is 1. The molecule has 2 heteroatoms. The summed E-state index contributed by atoms with van der Waals surface area (Å²) in [5.41, 5.74) is 2.49. The van der Waals surface area contributed by atoms with E-state index in [4.69, 9.17) is 0 Å². The smallest absolute Gasteiger partial charge is 0.127 e. The van der Waals surface area contributed by atoms with Crippen LogP contribution in [0.25, 0.3) is 0 Å². The quantitative estimate of drug-likeness (QED) is 0.826. The molecule has 1 atom stereocenters. The van der Waals surface area contributed by atoms with E-state index in [0.717, 1.165) is 18.5 Å². The van der Waals surface area contributed by atoms with Crippen LogP contribution in [0.2, 0.25) is 0 Å². The van der Waals surface area contributed by atoms with E-state index in [1.54, 1.807) is 6.07 Å². The number of hydrogen-bond donors (Lipinski definition) is 1. The fraction of sp³-hybridized carbons (Fsp3) is 0.600. The number of fused-ring (bicyclic) bond motifs is 2. The van der Waals surface area contributed by atoms with E-state index in [9.17, 15) is 4.39 Å². The molecule has 1 aromatic carbocycles. The molecule has 0 bridgehead atoms. The lowest BCUT2D eigenvalue weighted by Gasteiger charge is -2.25. The highest BCUT2D eigenvalue weighted by Crippen LogP contribution is 2.55. The van der Waals surface area contributed by atoms with Gasteiger partial charge in [-0.2, -0.15) is 0 Å². The third-order valence-corrected chi connectivity index (χ3v) is 4.66. The van der Waals surface area contributed by atoms with Crippen LogP contribution in [0.15, 0.2) is 18.2 Å². The van der Waals surface area contributed by atoms with Crippen molar-refractivity contribution in [1.29, 1.82) is 0 Å². The lowest BCUT2D eigenvalue weighted by atomic mass is 9.79. The molecule has 1 aromatic rings. The highest BCUT2D eigenvalue weighted by Gasteiger charge is 2.46. The van der Waals surface area contributed by atoms with Crippen molar-refractivity contribution in [3.05, 3.63) is 35.1 Å². The van der Waals surface area contributed by atoms with Crippen LogP contribution < -0.4 is 5.32 Å². The van der Waals surface area contributed by atoms with Gasteiger partial charge in [-0.3, -0.25) is 0 Å². The summed E-state index contributed by atoms with van der Waals surface area (Å²) < 4.78 is 14.2. The molecule has 1 N–H and O–H groups in total. The first-order valence-electron chi connectivity index (χ1n) is 6.70. The number of nitrogens with one attached hydrogen (secondary N) is 1. The Labute approximate surface area is 102 Å². The van der Waals surface area contributed by atoms with E-state index in [0.29, 0.717) is 5.92 Å². The van der Waals surface area contributed by atoms with E-state index in [1.807, 2.05) is 13.1 Å². The molecule has 0 saturated heterocycles. The molecule has 1 saturated carbocycles. The molecule has 0 amide bonds. The van der Waals surface area contributed by atoms with Crippen LogP contribution >= 0.6 is 0 Å². The van der Waals surface area contributed by atoms with Gasteiger partial charge in [-0.1, -0.05) is 25.0 Å². The fourth-order valence-electron chi connectivity index (χ4n) is 4.06. The van der Waals surface area contributed by atoms with Crippen LogP contribution in [0.5, 0.6) is 0 Å². The third-order valence-electron chi connectivity index (χ3n) is 4.66. The van der Waals surface area contributed by atoms with Gasteiger partial charge in [-0.05, 0) is 54.8 Å². The maximum Gasteiger partial charge on any atom is 0.127 e. The molecule has 1 unspecified atom stereocenters. The predicted molar refractivity (Wildman–Crippen MR) is 67.8 cm³/mol. The highest BCUT2D eigenvalue weighted by atomic mass is 19.1. The minimum Gasteiger partial charge on any atom is -0.319 e. The van der Waals surface area contributed by atoms with Gasteiger partial charge >= 0.3 is 0 Å². The van der Waals surface area contributed by atoms with Crippen molar-refractivity contribution in [2.75, 3.05) is 13.6 Å².